The lowest BCUT2D eigenvalue weighted by molar-refractivity contribution is -0.117. The molecule has 0 heterocycles. The van der Waals surface area contributed by atoms with E-state index in [2.05, 4.69) is 0 Å². The molecule has 0 unspecified atom stereocenters. The van der Waals surface area contributed by atoms with Crippen LogP contribution >= 0.6 is 0 Å². The van der Waals surface area contributed by atoms with E-state index in [1.54, 1.807) is 0 Å². The molecule has 13 heavy (non-hydrogen) atoms. The van der Waals surface area contributed by atoms with Gasteiger partial charge in [0.2, 0.25) is 0 Å². The van der Waals surface area contributed by atoms with Crippen molar-refractivity contribution in [3.8, 4) is 0 Å². The first-order chi connectivity index (χ1) is 6.24. The normalized spacial score (nSPS) is 10.5. The van der Waals surface area contributed by atoms with Crippen LogP contribution in [0.5, 0.6) is 0 Å². The topological polar surface area (TPSA) is 68.3 Å². The Hall–Kier alpha value is -1.32. The monoisotopic (exact) mass is 184 g/mol. The molecule has 0 aliphatic heterocycles. The van der Waals surface area contributed by atoms with Crippen molar-refractivity contribution in [3.63, 3.8) is 0 Å². The molecular weight excluding hydrogens is 172 g/mol. The van der Waals surface area contributed by atoms with Crippen LogP contribution in [-0.2, 0) is 19.2 Å². The van der Waals surface area contributed by atoms with Gasteiger partial charge in [0.25, 0.3) is 0 Å². The summed E-state index contributed by atoms with van der Waals surface area (Å²) in [6.45, 7) is 0. The molecule has 0 aromatic rings. The largest absolute Gasteiger partial charge is 0.303 e. The highest BCUT2D eigenvalue weighted by molar-refractivity contribution is 5.64. The number of carbonyl (C=O) groups excluding carboxylic acids is 4. The van der Waals surface area contributed by atoms with Crippen molar-refractivity contribution in [1.29, 1.82) is 0 Å². The molecule has 72 valence electrons. The van der Waals surface area contributed by atoms with E-state index in [1.165, 1.54) is 0 Å². The predicted octanol–water partition coefficient (Wildman–Crippen LogP) is 0.329. The Morgan fingerprint density at radius 2 is 0.846 bits per heavy atom. The maximum Gasteiger partial charge on any atom is 0.120 e. The average molecular weight is 184 g/mol. The minimum atomic E-state index is -0.771. The predicted molar refractivity (Wildman–Crippen MR) is 45.2 cm³/mol. The summed E-state index contributed by atoms with van der Waals surface area (Å²) in [6.07, 6.45) is 2.83. The molecule has 0 spiro atoms. The van der Waals surface area contributed by atoms with Crippen LogP contribution < -0.4 is 0 Å². The average Bonchev–Trinajstić information content (AvgIpc) is 2.06. The summed E-state index contributed by atoms with van der Waals surface area (Å²) in [4.78, 5) is 41.2. The van der Waals surface area contributed by atoms with Crippen molar-refractivity contribution in [2.24, 2.45) is 5.41 Å². The van der Waals surface area contributed by atoms with Crippen LogP contribution in [-0.4, -0.2) is 25.1 Å². The number of aldehydes is 4. The van der Waals surface area contributed by atoms with Crippen LogP contribution in [0, 0.1) is 5.41 Å². The standard InChI is InChI=1S/C9H12O4/c10-5-1-9(2-6-11,3-7-12)4-8-13/h5-8H,1-4H2. The Morgan fingerprint density at radius 3 is 1.00 bits per heavy atom. The number of hydrogen-bond donors (Lipinski definition) is 0. The third-order valence-corrected chi connectivity index (χ3v) is 2.07. The SMILES string of the molecule is O=CCC(CC=O)(CC=O)CC=O. The summed E-state index contributed by atoms with van der Waals surface area (Å²) in [6, 6.07) is 0. The lowest BCUT2D eigenvalue weighted by Crippen LogP contribution is -2.23. The van der Waals surface area contributed by atoms with E-state index in [4.69, 9.17) is 0 Å². The maximum absolute atomic E-state index is 10.3. The fraction of sp³-hybridized carbons (Fsp3) is 0.556. The minimum absolute atomic E-state index is 0.0726. The molecule has 0 radical (unpaired) electrons. The Labute approximate surface area is 76.3 Å². The summed E-state index contributed by atoms with van der Waals surface area (Å²) >= 11 is 0. The van der Waals surface area contributed by atoms with Gasteiger partial charge in [-0.2, -0.15) is 0 Å². The zero-order valence-electron chi connectivity index (χ0n) is 7.27. The molecule has 0 fully saturated rings. The van der Waals surface area contributed by atoms with Crippen molar-refractivity contribution >= 4 is 25.1 Å². The summed E-state index contributed by atoms with van der Waals surface area (Å²) in [5.74, 6) is 0. The molecule has 4 heteroatoms. The molecule has 0 aromatic carbocycles. The molecule has 0 amide bonds. The van der Waals surface area contributed by atoms with Gasteiger partial charge in [-0.05, 0) is 5.41 Å². The second kappa shape index (κ2) is 6.22. The first-order valence-corrected chi connectivity index (χ1v) is 3.99. The molecule has 0 aromatic heterocycles. The van der Waals surface area contributed by atoms with Crippen molar-refractivity contribution in [2.75, 3.05) is 0 Å². The zero-order valence-corrected chi connectivity index (χ0v) is 7.27. The summed E-state index contributed by atoms with van der Waals surface area (Å²) in [5.41, 5.74) is -0.771. The molecule has 0 saturated carbocycles. The maximum atomic E-state index is 10.3. The highest BCUT2D eigenvalue weighted by Crippen LogP contribution is 2.31. The summed E-state index contributed by atoms with van der Waals surface area (Å²) < 4.78 is 0. The van der Waals surface area contributed by atoms with E-state index in [1.807, 2.05) is 0 Å². The van der Waals surface area contributed by atoms with E-state index in [-0.39, 0.29) is 25.7 Å². The molecule has 0 atom stereocenters. The van der Waals surface area contributed by atoms with Crippen molar-refractivity contribution < 1.29 is 19.2 Å². The Kier molecular flexibility index (Phi) is 5.59. The second-order valence-electron chi connectivity index (χ2n) is 2.98. The van der Waals surface area contributed by atoms with Crippen LogP contribution in [0.3, 0.4) is 0 Å². The van der Waals surface area contributed by atoms with Gasteiger partial charge < -0.3 is 19.2 Å². The van der Waals surface area contributed by atoms with Gasteiger partial charge in [0.1, 0.15) is 25.1 Å². The smallest absolute Gasteiger partial charge is 0.120 e. The first kappa shape index (κ1) is 11.7. The first-order valence-electron chi connectivity index (χ1n) is 3.99. The van der Waals surface area contributed by atoms with Gasteiger partial charge in [-0.3, -0.25) is 0 Å². The third-order valence-electron chi connectivity index (χ3n) is 2.07. The van der Waals surface area contributed by atoms with Crippen LogP contribution in [0.25, 0.3) is 0 Å². The van der Waals surface area contributed by atoms with Crippen LogP contribution in [0.15, 0.2) is 0 Å². The Bertz CT molecular complexity index is 152. The number of rotatable bonds is 8. The summed E-state index contributed by atoms with van der Waals surface area (Å²) in [5, 5.41) is 0. The molecule has 0 saturated heterocycles. The minimum Gasteiger partial charge on any atom is -0.303 e. The van der Waals surface area contributed by atoms with Gasteiger partial charge in [-0.15, -0.1) is 0 Å². The van der Waals surface area contributed by atoms with E-state index in [0.29, 0.717) is 25.1 Å². The van der Waals surface area contributed by atoms with Crippen LogP contribution in [0.2, 0.25) is 0 Å². The summed E-state index contributed by atoms with van der Waals surface area (Å²) in [7, 11) is 0. The molecule has 0 aliphatic carbocycles. The van der Waals surface area contributed by atoms with E-state index in [9.17, 15) is 19.2 Å². The number of carbonyl (C=O) groups is 4. The third kappa shape index (κ3) is 3.73. The van der Waals surface area contributed by atoms with Gasteiger partial charge >= 0.3 is 0 Å². The van der Waals surface area contributed by atoms with Crippen molar-refractivity contribution in [1.82, 2.24) is 0 Å². The Balaban J connectivity index is 4.53. The van der Waals surface area contributed by atoms with E-state index in [0.717, 1.165) is 0 Å². The van der Waals surface area contributed by atoms with Crippen LogP contribution in [0.4, 0.5) is 0 Å². The highest BCUT2D eigenvalue weighted by Gasteiger charge is 2.28. The lowest BCUT2D eigenvalue weighted by Gasteiger charge is -2.25. The van der Waals surface area contributed by atoms with E-state index < -0.39 is 5.41 Å². The fourth-order valence-electron chi connectivity index (χ4n) is 1.21. The second-order valence-corrected chi connectivity index (χ2v) is 2.98. The molecule has 4 nitrogen and oxygen atoms in total. The molecule has 0 N–H and O–H groups in total. The van der Waals surface area contributed by atoms with Gasteiger partial charge in [0.15, 0.2) is 0 Å². The number of hydrogen-bond acceptors (Lipinski definition) is 4. The fourth-order valence-corrected chi connectivity index (χ4v) is 1.21. The highest BCUT2D eigenvalue weighted by atomic mass is 16.1. The molecule has 0 aliphatic rings. The lowest BCUT2D eigenvalue weighted by atomic mass is 9.77. The van der Waals surface area contributed by atoms with Gasteiger partial charge in [0.05, 0.1) is 0 Å². The van der Waals surface area contributed by atoms with Crippen molar-refractivity contribution in [2.45, 2.75) is 25.7 Å². The zero-order chi connectivity index (χ0) is 10.2. The van der Waals surface area contributed by atoms with E-state index >= 15 is 0 Å². The molecule has 0 rings (SSSR count). The van der Waals surface area contributed by atoms with Gasteiger partial charge in [-0.1, -0.05) is 0 Å². The van der Waals surface area contributed by atoms with Crippen molar-refractivity contribution in [3.05, 3.63) is 0 Å². The Morgan fingerprint density at radius 1 is 0.615 bits per heavy atom. The molecule has 0 bridgehead atoms. The van der Waals surface area contributed by atoms with Crippen LogP contribution in [0.1, 0.15) is 25.7 Å². The molecular formula is C9H12O4. The van der Waals surface area contributed by atoms with Gasteiger partial charge in [-0.25, -0.2) is 0 Å². The van der Waals surface area contributed by atoms with Gasteiger partial charge in [0, 0.05) is 25.7 Å². The quantitative estimate of drug-likeness (QED) is 0.510.